The van der Waals surface area contributed by atoms with Crippen LogP contribution < -0.4 is 5.32 Å². The van der Waals surface area contributed by atoms with E-state index in [0.717, 1.165) is 22.4 Å². The smallest absolute Gasteiger partial charge is 0.142 e. The number of aliphatic hydroxyl groups excluding tert-OH is 1. The van der Waals surface area contributed by atoms with Gasteiger partial charge in [-0.15, -0.1) is 0 Å². The molecule has 23 heavy (non-hydrogen) atoms. The third-order valence-electron chi connectivity index (χ3n) is 4.06. The SMILES string of the molecule is OC[C@@H](Cc1c[nH]c2ccccc12)Nc1ncnc2[nH]ccc12. The lowest BCUT2D eigenvalue weighted by Gasteiger charge is -2.17. The molecule has 116 valence electrons. The minimum Gasteiger partial charge on any atom is -0.394 e. The first-order valence-electron chi connectivity index (χ1n) is 7.55. The second-order valence-corrected chi connectivity index (χ2v) is 5.55. The summed E-state index contributed by atoms with van der Waals surface area (Å²) < 4.78 is 0. The van der Waals surface area contributed by atoms with Crippen molar-refractivity contribution in [1.29, 1.82) is 0 Å². The van der Waals surface area contributed by atoms with Crippen molar-refractivity contribution in [2.75, 3.05) is 11.9 Å². The number of nitrogens with zero attached hydrogens (tertiary/aromatic N) is 2. The van der Waals surface area contributed by atoms with Crippen molar-refractivity contribution >= 4 is 27.8 Å². The van der Waals surface area contributed by atoms with Crippen molar-refractivity contribution in [3.05, 3.63) is 54.6 Å². The van der Waals surface area contributed by atoms with Crippen LogP contribution in [0.5, 0.6) is 0 Å². The second kappa shape index (κ2) is 5.73. The van der Waals surface area contributed by atoms with E-state index in [1.54, 1.807) is 0 Å². The number of hydrogen-bond donors (Lipinski definition) is 4. The number of benzene rings is 1. The second-order valence-electron chi connectivity index (χ2n) is 5.55. The van der Waals surface area contributed by atoms with Crippen molar-refractivity contribution in [2.24, 2.45) is 0 Å². The zero-order valence-corrected chi connectivity index (χ0v) is 12.5. The van der Waals surface area contributed by atoms with E-state index < -0.39 is 0 Å². The number of fused-ring (bicyclic) bond motifs is 2. The topological polar surface area (TPSA) is 89.6 Å². The Morgan fingerprint density at radius 2 is 2.00 bits per heavy atom. The molecule has 0 fully saturated rings. The fraction of sp³-hybridized carbons (Fsp3) is 0.176. The summed E-state index contributed by atoms with van der Waals surface area (Å²) in [4.78, 5) is 14.8. The average molecular weight is 307 g/mol. The van der Waals surface area contributed by atoms with E-state index in [0.29, 0.717) is 6.42 Å². The molecule has 0 amide bonds. The average Bonchev–Trinajstić information content (AvgIpc) is 3.22. The Kier molecular flexibility index (Phi) is 3.44. The van der Waals surface area contributed by atoms with E-state index in [1.807, 2.05) is 36.7 Å². The maximum atomic E-state index is 9.76. The number of anilines is 1. The Labute approximate surface area is 132 Å². The zero-order chi connectivity index (χ0) is 15.6. The quantitative estimate of drug-likeness (QED) is 0.456. The number of aromatic nitrogens is 4. The van der Waals surface area contributed by atoms with Crippen LogP contribution in [-0.2, 0) is 6.42 Å². The minimum absolute atomic E-state index is 0.0232. The van der Waals surface area contributed by atoms with Crippen LogP contribution >= 0.6 is 0 Å². The van der Waals surface area contributed by atoms with Gasteiger partial charge in [0.2, 0.25) is 0 Å². The Balaban J connectivity index is 1.60. The molecule has 0 aliphatic heterocycles. The first kappa shape index (κ1) is 13.8. The van der Waals surface area contributed by atoms with Gasteiger partial charge in [-0.25, -0.2) is 9.97 Å². The van der Waals surface area contributed by atoms with E-state index in [1.165, 1.54) is 17.3 Å². The summed E-state index contributed by atoms with van der Waals surface area (Å²) in [5.74, 6) is 0.732. The van der Waals surface area contributed by atoms with Gasteiger partial charge < -0.3 is 20.4 Å². The van der Waals surface area contributed by atoms with Crippen molar-refractivity contribution in [2.45, 2.75) is 12.5 Å². The van der Waals surface area contributed by atoms with Crippen LogP contribution in [0.2, 0.25) is 0 Å². The number of aromatic amines is 2. The van der Waals surface area contributed by atoms with Gasteiger partial charge in [-0.2, -0.15) is 0 Å². The molecule has 3 heterocycles. The molecule has 0 spiro atoms. The number of rotatable bonds is 5. The fourth-order valence-corrected chi connectivity index (χ4v) is 2.91. The van der Waals surface area contributed by atoms with Gasteiger partial charge >= 0.3 is 0 Å². The lowest BCUT2D eigenvalue weighted by molar-refractivity contribution is 0.274. The molecule has 0 aliphatic carbocycles. The Hall–Kier alpha value is -2.86. The summed E-state index contributed by atoms with van der Waals surface area (Å²) in [7, 11) is 0. The number of para-hydroxylation sites is 1. The molecular formula is C17H17N5O. The van der Waals surface area contributed by atoms with Crippen molar-refractivity contribution < 1.29 is 5.11 Å². The van der Waals surface area contributed by atoms with Crippen LogP contribution in [0.15, 0.2) is 49.1 Å². The highest BCUT2D eigenvalue weighted by atomic mass is 16.3. The Morgan fingerprint density at radius 1 is 1.09 bits per heavy atom. The summed E-state index contributed by atoms with van der Waals surface area (Å²) in [6.07, 6.45) is 6.05. The van der Waals surface area contributed by atoms with Gasteiger partial charge in [0.05, 0.1) is 18.0 Å². The van der Waals surface area contributed by atoms with Crippen molar-refractivity contribution in [3.8, 4) is 0 Å². The van der Waals surface area contributed by atoms with Gasteiger partial charge in [0.15, 0.2) is 0 Å². The highest BCUT2D eigenvalue weighted by molar-refractivity contribution is 5.87. The fourth-order valence-electron chi connectivity index (χ4n) is 2.91. The summed E-state index contributed by atoms with van der Waals surface area (Å²) in [5, 5.41) is 15.2. The molecule has 1 aromatic carbocycles. The summed E-state index contributed by atoms with van der Waals surface area (Å²) >= 11 is 0. The lowest BCUT2D eigenvalue weighted by atomic mass is 10.1. The third-order valence-corrected chi connectivity index (χ3v) is 4.06. The highest BCUT2D eigenvalue weighted by Crippen LogP contribution is 2.22. The molecule has 6 nitrogen and oxygen atoms in total. The predicted octanol–water partition coefficient (Wildman–Crippen LogP) is 2.45. The summed E-state index contributed by atoms with van der Waals surface area (Å²) in [5.41, 5.74) is 3.06. The Bertz CT molecular complexity index is 942. The van der Waals surface area contributed by atoms with E-state index in [9.17, 15) is 5.11 Å². The largest absolute Gasteiger partial charge is 0.394 e. The maximum absolute atomic E-state index is 9.76. The standard InChI is InChI=1S/C17H17N5O/c23-9-12(7-11-8-19-15-4-2-1-3-13(11)15)22-17-14-5-6-18-16(14)20-10-21-17/h1-6,8,10,12,19,23H,7,9H2,(H2,18,20,21,22)/t12-/m1/s1. The molecule has 4 aromatic rings. The van der Waals surface area contributed by atoms with Gasteiger partial charge in [0, 0.05) is 23.3 Å². The van der Waals surface area contributed by atoms with E-state index in [4.69, 9.17) is 0 Å². The monoisotopic (exact) mass is 307 g/mol. The van der Waals surface area contributed by atoms with E-state index in [-0.39, 0.29) is 12.6 Å². The zero-order valence-electron chi connectivity index (χ0n) is 12.5. The summed E-state index contributed by atoms with van der Waals surface area (Å²) in [6.45, 7) is 0.0232. The van der Waals surface area contributed by atoms with Crippen molar-refractivity contribution in [3.63, 3.8) is 0 Å². The first-order valence-corrected chi connectivity index (χ1v) is 7.55. The van der Waals surface area contributed by atoms with Crippen molar-refractivity contribution in [1.82, 2.24) is 19.9 Å². The number of nitrogens with one attached hydrogen (secondary N) is 3. The number of aliphatic hydroxyl groups is 1. The molecule has 4 N–H and O–H groups in total. The Morgan fingerprint density at radius 3 is 2.91 bits per heavy atom. The molecule has 1 atom stereocenters. The van der Waals surface area contributed by atoms with Crippen LogP contribution in [-0.4, -0.2) is 37.7 Å². The van der Waals surface area contributed by atoms with Gasteiger partial charge in [-0.3, -0.25) is 0 Å². The lowest BCUT2D eigenvalue weighted by Crippen LogP contribution is -2.26. The van der Waals surface area contributed by atoms with Gasteiger partial charge in [0.25, 0.3) is 0 Å². The van der Waals surface area contributed by atoms with Gasteiger partial charge in [-0.05, 0) is 24.1 Å². The predicted molar refractivity (Wildman–Crippen MR) is 90.4 cm³/mol. The maximum Gasteiger partial charge on any atom is 0.142 e. The molecule has 6 heteroatoms. The molecule has 4 rings (SSSR count). The number of H-pyrrole nitrogens is 2. The number of hydrogen-bond acceptors (Lipinski definition) is 4. The first-order chi connectivity index (χ1) is 11.3. The molecule has 0 aliphatic rings. The molecule has 3 aromatic heterocycles. The van der Waals surface area contributed by atoms with Gasteiger partial charge in [-0.1, -0.05) is 18.2 Å². The molecule has 0 saturated carbocycles. The normalized spacial score (nSPS) is 12.7. The van der Waals surface area contributed by atoms with Crippen LogP contribution in [0.25, 0.3) is 21.9 Å². The van der Waals surface area contributed by atoms with Crippen LogP contribution in [0.4, 0.5) is 5.82 Å². The van der Waals surface area contributed by atoms with E-state index in [2.05, 4.69) is 31.3 Å². The van der Waals surface area contributed by atoms with E-state index >= 15 is 0 Å². The minimum atomic E-state index is -0.123. The highest BCUT2D eigenvalue weighted by Gasteiger charge is 2.14. The molecule has 0 unspecified atom stereocenters. The van der Waals surface area contributed by atoms with Crippen LogP contribution in [0.3, 0.4) is 0 Å². The van der Waals surface area contributed by atoms with Gasteiger partial charge in [0.1, 0.15) is 17.8 Å². The van der Waals surface area contributed by atoms with Crippen LogP contribution in [0, 0.1) is 0 Å². The molecule has 0 radical (unpaired) electrons. The third kappa shape index (κ3) is 2.53. The van der Waals surface area contributed by atoms with Crippen LogP contribution in [0.1, 0.15) is 5.56 Å². The molecular weight excluding hydrogens is 290 g/mol. The molecule has 0 bridgehead atoms. The summed E-state index contributed by atoms with van der Waals surface area (Å²) in [6, 6.07) is 9.97. The molecule has 0 saturated heterocycles.